The molecular formula is C20H23ClN2O3. The minimum absolute atomic E-state index is 0. The van der Waals surface area contributed by atoms with Crippen LogP contribution in [0.15, 0.2) is 48.5 Å². The Hall–Kier alpha value is -2.37. The van der Waals surface area contributed by atoms with Crippen LogP contribution in [0.1, 0.15) is 35.4 Å². The summed E-state index contributed by atoms with van der Waals surface area (Å²) >= 11 is 0. The average Bonchev–Trinajstić information content (AvgIpc) is 3.02. The number of carbonyl (C=O) groups excluding carboxylic acids is 1. The number of rotatable bonds is 6. The quantitative estimate of drug-likeness (QED) is 0.813. The summed E-state index contributed by atoms with van der Waals surface area (Å²) in [5.41, 5.74) is 9.53. The highest BCUT2D eigenvalue weighted by Gasteiger charge is 2.33. The van der Waals surface area contributed by atoms with Gasteiger partial charge in [-0.2, -0.15) is 0 Å². The molecular weight excluding hydrogens is 352 g/mol. The van der Waals surface area contributed by atoms with E-state index in [1.165, 1.54) is 0 Å². The number of hydrogen-bond acceptors (Lipinski definition) is 3. The second kappa shape index (κ2) is 8.83. The highest BCUT2D eigenvalue weighted by atomic mass is 35.5. The van der Waals surface area contributed by atoms with E-state index >= 15 is 0 Å². The molecule has 26 heavy (non-hydrogen) atoms. The van der Waals surface area contributed by atoms with Crippen molar-refractivity contribution in [3.8, 4) is 0 Å². The summed E-state index contributed by atoms with van der Waals surface area (Å²) in [6.07, 6.45) is 1.41. The van der Waals surface area contributed by atoms with Gasteiger partial charge in [0.1, 0.15) is 0 Å². The van der Waals surface area contributed by atoms with Crippen LogP contribution in [0.5, 0.6) is 0 Å². The van der Waals surface area contributed by atoms with Gasteiger partial charge in [-0.1, -0.05) is 36.4 Å². The predicted octanol–water partition coefficient (Wildman–Crippen LogP) is 3.10. The highest BCUT2D eigenvalue weighted by molar-refractivity contribution is 6.00. The fourth-order valence-electron chi connectivity index (χ4n) is 3.23. The van der Waals surface area contributed by atoms with E-state index in [-0.39, 0.29) is 30.7 Å². The van der Waals surface area contributed by atoms with E-state index in [2.05, 4.69) is 0 Å². The first-order valence-electron chi connectivity index (χ1n) is 8.49. The summed E-state index contributed by atoms with van der Waals surface area (Å²) in [4.78, 5) is 25.3. The molecule has 0 aromatic heterocycles. The van der Waals surface area contributed by atoms with E-state index in [4.69, 9.17) is 10.8 Å². The van der Waals surface area contributed by atoms with Crippen molar-refractivity contribution in [2.75, 3.05) is 11.4 Å². The number of nitrogens with two attached hydrogens (primary N) is 1. The number of nitrogens with zero attached hydrogens (tertiary/aromatic N) is 1. The molecule has 0 saturated carbocycles. The Labute approximate surface area is 159 Å². The molecule has 6 heteroatoms. The maximum atomic E-state index is 12.8. The van der Waals surface area contributed by atoms with Crippen molar-refractivity contribution >= 4 is 30.0 Å². The zero-order valence-corrected chi connectivity index (χ0v) is 15.2. The molecule has 0 spiro atoms. The van der Waals surface area contributed by atoms with Gasteiger partial charge < -0.3 is 15.7 Å². The van der Waals surface area contributed by atoms with Crippen LogP contribution in [0.25, 0.3) is 0 Å². The molecule has 1 amide bonds. The number of benzene rings is 2. The second-order valence-corrected chi connectivity index (χ2v) is 6.34. The average molecular weight is 375 g/mol. The van der Waals surface area contributed by atoms with Gasteiger partial charge in [-0.15, -0.1) is 12.4 Å². The molecule has 0 bridgehead atoms. The van der Waals surface area contributed by atoms with Gasteiger partial charge in [0, 0.05) is 25.2 Å². The minimum Gasteiger partial charge on any atom is -0.481 e. The smallest absolute Gasteiger partial charge is 0.303 e. The highest BCUT2D eigenvalue weighted by Crippen LogP contribution is 2.32. The van der Waals surface area contributed by atoms with Crippen LogP contribution in [-0.2, 0) is 22.6 Å². The number of aliphatic carboxylic acids is 1. The van der Waals surface area contributed by atoms with Crippen molar-refractivity contribution < 1.29 is 14.7 Å². The monoisotopic (exact) mass is 374 g/mol. The Morgan fingerprint density at radius 2 is 1.69 bits per heavy atom. The van der Waals surface area contributed by atoms with Gasteiger partial charge in [0.05, 0.1) is 5.92 Å². The second-order valence-electron chi connectivity index (χ2n) is 6.34. The van der Waals surface area contributed by atoms with E-state index in [0.29, 0.717) is 19.5 Å². The normalized spacial score (nSPS) is 16.4. The first-order chi connectivity index (χ1) is 12.1. The Morgan fingerprint density at radius 1 is 1.08 bits per heavy atom. The van der Waals surface area contributed by atoms with E-state index in [1.54, 1.807) is 0 Å². The van der Waals surface area contributed by atoms with Crippen LogP contribution in [0.3, 0.4) is 0 Å². The molecule has 1 fully saturated rings. The molecule has 1 unspecified atom stereocenters. The maximum absolute atomic E-state index is 12.8. The summed E-state index contributed by atoms with van der Waals surface area (Å²) in [5, 5.41) is 8.75. The molecule has 0 aliphatic carbocycles. The molecule has 138 valence electrons. The molecule has 2 aromatic carbocycles. The summed E-state index contributed by atoms with van der Waals surface area (Å²) in [6.45, 7) is 1.19. The van der Waals surface area contributed by atoms with Gasteiger partial charge in [0.15, 0.2) is 0 Å². The van der Waals surface area contributed by atoms with E-state index in [1.807, 2.05) is 53.4 Å². The zero-order valence-electron chi connectivity index (χ0n) is 14.4. The molecule has 1 heterocycles. The van der Waals surface area contributed by atoms with E-state index in [0.717, 1.165) is 28.8 Å². The van der Waals surface area contributed by atoms with Gasteiger partial charge in [-0.05, 0) is 41.7 Å². The van der Waals surface area contributed by atoms with Crippen LogP contribution in [0.2, 0.25) is 0 Å². The number of aryl methyl sites for hydroxylation is 1. The number of anilines is 1. The van der Waals surface area contributed by atoms with E-state index < -0.39 is 5.97 Å². The van der Waals surface area contributed by atoms with Crippen molar-refractivity contribution in [1.29, 1.82) is 0 Å². The minimum atomic E-state index is -0.800. The fourth-order valence-corrected chi connectivity index (χ4v) is 3.23. The number of carboxylic acid groups (broad SMARTS) is 1. The van der Waals surface area contributed by atoms with Crippen molar-refractivity contribution in [2.45, 2.75) is 31.7 Å². The Balaban J connectivity index is 0.00000243. The summed E-state index contributed by atoms with van der Waals surface area (Å²) in [6, 6.07) is 15.5. The van der Waals surface area contributed by atoms with Crippen LogP contribution >= 0.6 is 12.4 Å². The molecule has 5 nitrogen and oxygen atoms in total. The molecule has 3 rings (SSSR count). The van der Waals surface area contributed by atoms with Crippen LogP contribution in [0.4, 0.5) is 5.69 Å². The van der Waals surface area contributed by atoms with Gasteiger partial charge in [0.2, 0.25) is 5.91 Å². The van der Waals surface area contributed by atoms with Gasteiger partial charge in [-0.3, -0.25) is 9.59 Å². The first kappa shape index (κ1) is 19.9. The van der Waals surface area contributed by atoms with Crippen molar-refractivity contribution in [2.24, 2.45) is 5.73 Å². The lowest BCUT2D eigenvalue weighted by molar-refractivity contribution is -0.137. The van der Waals surface area contributed by atoms with Crippen molar-refractivity contribution in [3.63, 3.8) is 0 Å². The number of carbonyl (C=O) groups is 2. The molecule has 1 aliphatic heterocycles. The third-order valence-corrected chi connectivity index (χ3v) is 4.70. The SMILES string of the molecule is Cl.NCc1ccc(N2CCC(c3ccc(CCC(=O)O)cc3)C2=O)cc1. The Morgan fingerprint density at radius 3 is 2.27 bits per heavy atom. The number of hydrogen-bond donors (Lipinski definition) is 2. The molecule has 3 N–H and O–H groups in total. The third kappa shape index (κ3) is 4.42. The maximum Gasteiger partial charge on any atom is 0.303 e. The topological polar surface area (TPSA) is 83.6 Å². The number of carboxylic acids is 1. The Bertz CT molecular complexity index is 760. The van der Waals surface area contributed by atoms with Crippen molar-refractivity contribution in [1.82, 2.24) is 0 Å². The zero-order chi connectivity index (χ0) is 17.8. The number of amides is 1. The lowest BCUT2D eigenvalue weighted by atomic mass is 9.96. The van der Waals surface area contributed by atoms with Crippen LogP contribution in [0, 0.1) is 0 Å². The third-order valence-electron chi connectivity index (χ3n) is 4.70. The standard InChI is InChI=1S/C20H22N2O3.ClH/c21-13-15-3-8-17(9-4-15)22-12-11-18(20(22)25)16-6-1-14(2-7-16)5-10-19(23)24;/h1-4,6-9,18H,5,10-13,21H2,(H,23,24);1H. The Kier molecular flexibility index (Phi) is 6.77. The fraction of sp³-hybridized carbons (Fsp3) is 0.300. The largest absolute Gasteiger partial charge is 0.481 e. The first-order valence-corrected chi connectivity index (χ1v) is 8.49. The molecule has 1 saturated heterocycles. The molecule has 1 aliphatic rings. The van der Waals surface area contributed by atoms with Gasteiger partial charge >= 0.3 is 5.97 Å². The van der Waals surface area contributed by atoms with Gasteiger partial charge in [0.25, 0.3) is 0 Å². The lowest BCUT2D eigenvalue weighted by Crippen LogP contribution is -2.26. The summed E-state index contributed by atoms with van der Waals surface area (Å²) < 4.78 is 0. The van der Waals surface area contributed by atoms with Crippen LogP contribution in [-0.4, -0.2) is 23.5 Å². The predicted molar refractivity (Wildman–Crippen MR) is 104 cm³/mol. The van der Waals surface area contributed by atoms with E-state index in [9.17, 15) is 9.59 Å². The molecule has 1 atom stereocenters. The molecule has 0 radical (unpaired) electrons. The summed E-state index contributed by atoms with van der Waals surface area (Å²) in [5.74, 6) is -0.826. The summed E-state index contributed by atoms with van der Waals surface area (Å²) in [7, 11) is 0. The lowest BCUT2D eigenvalue weighted by Gasteiger charge is -2.17. The van der Waals surface area contributed by atoms with Crippen molar-refractivity contribution in [3.05, 3.63) is 65.2 Å². The van der Waals surface area contributed by atoms with Gasteiger partial charge in [-0.25, -0.2) is 0 Å². The van der Waals surface area contributed by atoms with Crippen LogP contribution < -0.4 is 10.6 Å². The number of halogens is 1. The molecule has 2 aromatic rings.